The van der Waals surface area contributed by atoms with Crippen LogP contribution in [0.4, 0.5) is 0 Å². The molecule has 0 aliphatic carbocycles. The first-order valence-electron chi connectivity index (χ1n) is 1.71. The third kappa shape index (κ3) is 2.44. The molecule has 0 N–H and O–H groups in total. The quantitative estimate of drug-likeness (QED) is 0.282. The standard InChI is InChI=1S/C3H7IN2/c1-3-6(4)5-2/h2-3H2,1H3. The predicted molar refractivity (Wildman–Crippen MR) is 35.9 cm³/mol. The average molecular weight is 198 g/mol. The normalized spacial score (nSPS) is 7.67. The molecule has 0 saturated heterocycles. The first kappa shape index (κ1) is 6.20. The van der Waals surface area contributed by atoms with Crippen LogP contribution in [0, 0.1) is 0 Å². The van der Waals surface area contributed by atoms with Crippen molar-refractivity contribution in [3.63, 3.8) is 0 Å². The van der Waals surface area contributed by atoms with Gasteiger partial charge in [-0.3, -0.25) is 0 Å². The van der Waals surface area contributed by atoms with Gasteiger partial charge in [-0.2, -0.15) is 5.10 Å². The third-order valence-electron chi connectivity index (χ3n) is 0.414. The summed E-state index contributed by atoms with van der Waals surface area (Å²) in [5.41, 5.74) is 0. The van der Waals surface area contributed by atoms with E-state index in [1.807, 2.05) is 6.92 Å². The van der Waals surface area contributed by atoms with E-state index in [4.69, 9.17) is 0 Å². The van der Waals surface area contributed by atoms with Gasteiger partial charge >= 0.3 is 0 Å². The van der Waals surface area contributed by atoms with Gasteiger partial charge in [0, 0.05) is 13.3 Å². The lowest BCUT2D eigenvalue weighted by Gasteiger charge is -2.00. The highest BCUT2D eigenvalue weighted by molar-refractivity contribution is 14.1. The van der Waals surface area contributed by atoms with E-state index in [1.165, 1.54) is 0 Å². The smallest absolute Gasteiger partial charge is 0.0783 e. The summed E-state index contributed by atoms with van der Waals surface area (Å²) < 4.78 is 1.73. The summed E-state index contributed by atoms with van der Waals surface area (Å²) in [6.45, 7) is 6.24. The molecule has 0 aliphatic heterocycles. The summed E-state index contributed by atoms with van der Waals surface area (Å²) in [4.78, 5) is 0. The Hall–Kier alpha value is 0.200. The second-order valence-corrected chi connectivity index (χ2v) is 1.91. The monoisotopic (exact) mass is 198 g/mol. The first-order valence-corrected chi connectivity index (χ1v) is 2.67. The fraction of sp³-hybridized carbons (Fsp3) is 0.667. The maximum absolute atomic E-state index is 3.58. The Labute approximate surface area is 51.7 Å². The molecule has 0 aliphatic rings. The highest BCUT2D eigenvalue weighted by atomic mass is 127. The average Bonchev–Trinajstić information content (AvgIpc) is 1.65. The summed E-state index contributed by atoms with van der Waals surface area (Å²) >= 11 is 2.07. The molecule has 3 heteroatoms. The van der Waals surface area contributed by atoms with Crippen molar-refractivity contribution in [3.05, 3.63) is 0 Å². The lowest BCUT2D eigenvalue weighted by atomic mass is 10.8. The van der Waals surface area contributed by atoms with Crippen LogP contribution in [0.1, 0.15) is 6.92 Å². The van der Waals surface area contributed by atoms with Crippen LogP contribution in [0.15, 0.2) is 5.10 Å². The van der Waals surface area contributed by atoms with E-state index in [2.05, 4.69) is 34.7 Å². The zero-order valence-electron chi connectivity index (χ0n) is 3.69. The molecular formula is C3H7IN2. The van der Waals surface area contributed by atoms with Gasteiger partial charge in [0.25, 0.3) is 0 Å². The van der Waals surface area contributed by atoms with Gasteiger partial charge in [-0.1, -0.05) is 0 Å². The van der Waals surface area contributed by atoms with Crippen molar-refractivity contribution in [1.82, 2.24) is 3.22 Å². The minimum absolute atomic E-state index is 0.921. The molecule has 0 aromatic heterocycles. The molecule has 0 fully saturated rings. The molecule has 0 saturated carbocycles. The van der Waals surface area contributed by atoms with Gasteiger partial charge in [0.1, 0.15) is 0 Å². The van der Waals surface area contributed by atoms with E-state index >= 15 is 0 Å². The molecule has 0 atom stereocenters. The Morgan fingerprint density at radius 3 is 2.50 bits per heavy atom. The van der Waals surface area contributed by atoms with Gasteiger partial charge < -0.3 is 0 Å². The van der Waals surface area contributed by atoms with E-state index in [0.29, 0.717) is 0 Å². The summed E-state index contributed by atoms with van der Waals surface area (Å²) in [6, 6.07) is 0. The second kappa shape index (κ2) is 3.39. The number of hydrazone groups is 1. The molecule has 0 heterocycles. The maximum atomic E-state index is 3.58. The molecule has 6 heavy (non-hydrogen) atoms. The Kier molecular flexibility index (Phi) is 3.51. The van der Waals surface area contributed by atoms with E-state index in [0.717, 1.165) is 6.54 Å². The van der Waals surface area contributed by atoms with Crippen LogP contribution in [-0.2, 0) is 0 Å². The van der Waals surface area contributed by atoms with Crippen LogP contribution in [0.5, 0.6) is 0 Å². The van der Waals surface area contributed by atoms with Crippen molar-refractivity contribution in [2.24, 2.45) is 5.10 Å². The van der Waals surface area contributed by atoms with Crippen molar-refractivity contribution in [2.75, 3.05) is 6.54 Å². The van der Waals surface area contributed by atoms with Gasteiger partial charge in [-0.05, 0) is 6.92 Å². The Balaban J connectivity index is 2.96. The number of nitrogens with zero attached hydrogens (tertiary/aromatic N) is 2. The van der Waals surface area contributed by atoms with Crippen LogP contribution < -0.4 is 0 Å². The van der Waals surface area contributed by atoms with E-state index in [9.17, 15) is 0 Å². The zero-order valence-corrected chi connectivity index (χ0v) is 5.84. The number of hydrogen-bond acceptors (Lipinski definition) is 2. The molecule has 0 unspecified atom stereocenters. The minimum Gasteiger partial charge on any atom is -0.237 e. The molecule has 0 aromatic carbocycles. The molecular weight excluding hydrogens is 191 g/mol. The largest absolute Gasteiger partial charge is 0.237 e. The van der Waals surface area contributed by atoms with Crippen molar-refractivity contribution in [1.29, 1.82) is 0 Å². The number of hydrogen-bond donors (Lipinski definition) is 0. The highest BCUT2D eigenvalue weighted by Crippen LogP contribution is 1.93. The van der Waals surface area contributed by atoms with E-state index < -0.39 is 0 Å². The topological polar surface area (TPSA) is 15.6 Å². The Morgan fingerprint density at radius 2 is 2.50 bits per heavy atom. The first-order chi connectivity index (χ1) is 2.81. The molecule has 0 rings (SSSR count). The molecule has 36 valence electrons. The minimum atomic E-state index is 0.921. The van der Waals surface area contributed by atoms with Crippen molar-refractivity contribution >= 4 is 29.6 Å². The number of halogens is 1. The van der Waals surface area contributed by atoms with Crippen LogP contribution in [0.3, 0.4) is 0 Å². The highest BCUT2D eigenvalue weighted by Gasteiger charge is 1.78. The van der Waals surface area contributed by atoms with Gasteiger partial charge in [0.15, 0.2) is 0 Å². The van der Waals surface area contributed by atoms with Gasteiger partial charge in [-0.15, -0.1) is 0 Å². The molecule has 0 spiro atoms. The fourth-order valence-corrected chi connectivity index (χ4v) is 0.1000. The summed E-state index contributed by atoms with van der Waals surface area (Å²) in [5.74, 6) is 0. The van der Waals surface area contributed by atoms with Crippen LogP contribution in [0.2, 0.25) is 0 Å². The predicted octanol–water partition coefficient (Wildman–Crippen LogP) is 1.27. The number of rotatable bonds is 2. The summed E-state index contributed by atoms with van der Waals surface area (Å²) in [5, 5.41) is 3.58. The molecule has 0 bridgehead atoms. The fourth-order valence-electron chi connectivity index (χ4n) is 0.1000. The molecule has 0 radical (unpaired) electrons. The van der Waals surface area contributed by atoms with Crippen molar-refractivity contribution in [2.45, 2.75) is 6.92 Å². The summed E-state index contributed by atoms with van der Waals surface area (Å²) in [7, 11) is 0. The SMILES string of the molecule is C=NN(I)CC. The summed E-state index contributed by atoms with van der Waals surface area (Å²) in [6.07, 6.45) is 0. The lowest BCUT2D eigenvalue weighted by Crippen LogP contribution is -1.97. The Bertz CT molecular complexity index is 46.1. The van der Waals surface area contributed by atoms with Crippen LogP contribution in [0.25, 0.3) is 0 Å². The van der Waals surface area contributed by atoms with Crippen LogP contribution in [-0.4, -0.2) is 16.5 Å². The van der Waals surface area contributed by atoms with Crippen molar-refractivity contribution in [3.8, 4) is 0 Å². The maximum Gasteiger partial charge on any atom is 0.0783 e. The lowest BCUT2D eigenvalue weighted by molar-refractivity contribution is 0.582. The van der Waals surface area contributed by atoms with E-state index in [-0.39, 0.29) is 0 Å². The molecule has 0 aromatic rings. The van der Waals surface area contributed by atoms with Gasteiger partial charge in [-0.25, -0.2) is 3.22 Å². The second-order valence-electron chi connectivity index (χ2n) is 0.794. The van der Waals surface area contributed by atoms with Crippen molar-refractivity contribution < 1.29 is 0 Å². The molecule has 0 amide bonds. The Morgan fingerprint density at radius 1 is 2.00 bits per heavy atom. The van der Waals surface area contributed by atoms with Gasteiger partial charge in [0.05, 0.1) is 22.9 Å². The third-order valence-corrected chi connectivity index (χ3v) is 1.40. The van der Waals surface area contributed by atoms with E-state index in [1.54, 1.807) is 3.22 Å². The van der Waals surface area contributed by atoms with Gasteiger partial charge in [0.2, 0.25) is 0 Å². The zero-order chi connectivity index (χ0) is 4.99. The van der Waals surface area contributed by atoms with Crippen LogP contribution >= 0.6 is 22.9 Å². The molecule has 2 nitrogen and oxygen atoms in total.